The minimum absolute atomic E-state index is 0.635. The predicted molar refractivity (Wildman–Crippen MR) is 50.0 cm³/mol. The zero-order valence-electron chi connectivity index (χ0n) is 6.62. The highest BCUT2D eigenvalue weighted by atomic mass is 31.1. The summed E-state index contributed by atoms with van der Waals surface area (Å²) in [4.78, 5) is 0. The van der Waals surface area contributed by atoms with Gasteiger partial charge in [-0.2, -0.15) is 0 Å². The monoisotopic (exact) mass is 181 g/mol. The molecule has 0 saturated heterocycles. The molecule has 1 atom stereocenters. The van der Waals surface area contributed by atoms with Gasteiger partial charge in [-0.1, -0.05) is 18.2 Å². The third-order valence-electron chi connectivity index (χ3n) is 1.46. The Balaban J connectivity index is 2.70. The molecular formula is C9H10O2P+. The van der Waals surface area contributed by atoms with Crippen LogP contribution in [0.1, 0.15) is 5.56 Å². The lowest BCUT2D eigenvalue weighted by Crippen LogP contribution is -1.80. The fourth-order valence-corrected chi connectivity index (χ4v) is 1.14. The minimum Gasteiger partial charge on any atom is -0.256 e. The van der Waals surface area contributed by atoms with Crippen molar-refractivity contribution < 1.29 is 9.09 Å². The van der Waals surface area contributed by atoms with Crippen molar-refractivity contribution in [3.8, 4) is 5.75 Å². The van der Waals surface area contributed by atoms with Gasteiger partial charge in [0, 0.05) is 0 Å². The van der Waals surface area contributed by atoms with E-state index in [9.17, 15) is 4.57 Å². The predicted octanol–water partition coefficient (Wildman–Crippen LogP) is 2.73. The van der Waals surface area contributed by atoms with Gasteiger partial charge in [-0.25, -0.2) is 0 Å². The SMILES string of the molecule is C=CCc1ccc(O[PH+]=O)cc1. The van der Waals surface area contributed by atoms with Gasteiger partial charge >= 0.3 is 8.69 Å². The van der Waals surface area contributed by atoms with Crippen molar-refractivity contribution in [3.05, 3.63) is 42.5 Å². The first kappa shape index (κ1) is 8.95. The summed E-state index contributed by atoms with van der Waals surface area (Å²) >= 11 is 0. The van der Waals surface area contributed by atoms with Crippen LogP contribution in [0.15, 0.2) is 36.9 Å². The van der Waals surface area contributed by atoms with Crippen molar-refractivity contribution in [3.63, 3.8) is 0 Å². The highest BCUT2D eigenvalue weighted by molar-refractivity contribution is 7.17. The van der Waals surface area contributed by atoms with Gasteiger partial charge in [0.2, 0.25) is 0 Å². The van der Waals surface area contributed by atoms with Crippen LogP contribution < -0.4 is 4.52 Å². The van der Waals surface area contributed by atoms with Crippen molar-refractivity contribution in [2.24, 2.45) is 0 Å². The number of hydrogen-bond acceptors (Lipinski definition) is 2. The molecule has 1 aromatic carbocycles. The summed E-state index contributed by atoms with van der Waals surface area (Å²) < 4.78 is 14.9. The first-order valence-corrected chi connectivity index (χ1v) is 4.42. The van der Waals surface area contributed by atoms with Gasteiger partial charge in [-0.3, -0.25) is 4.52 Å². The van der Waals surface area contributed by atoms with Crippen LogP contribution in [0.2, 0.25) is 0 Å². The summed E-state index contributed by atoms with van der Waals surface area (Å²) in [5.74, 6) is 0.635. The molecule has 0 aromatic heterocycles. The van der Waals surface area contributed by atoms with E-state index in [-0.39, 0.29) is 0 Å². The third-order valence-corrected chi connectivity index (χ3v) is 1.78. The number of rotatable bonds is 4. The van der Waals surface area contributed by atoms with Gasteiger partial charge in [0.15, 0.2) is 5.75 Å². The van der Waals surface area contributed by atoms with Crippen LogP contribution in [0.4, 0.5) is 0 Å². The first-order chi connectivity index (χ1) is 5.86. The van der Waals surface area contributed by atoms with Crippen molar-refractivity contribution >= 4 is 8.69 Å². The van der Waals surface area contributed by atoms with Gasteiger partial charge in [0.05, 0.1) is 0 Å². The van der Waals surface area contributed by atoms with E-state index >= 15 is 0 Å². The molecule has 0 amide bonds. The van der Waals surface area contributed by atoms with Crippen LogP contribution in [0.25, 0.3) is 0 Å². The van der Waals surface area contributed by atoms with Gasteiger partial charge in [-0.05, 0) is 28.7 Å². The molecular weight excluding hydrogens is 171 g/mol. The number of hydrogen-bond donors (Lipinski definition) is 0. The zero-order valence-corrected chi connectivity index (χ0v) is 7.62. The largest absolute Gasteiger partial charge is 0.542 e. The molecule has 0 aliphatic heterocycles. The van der Waals surface area contributed by atoms with E-state index in [1.807, 2.05) is 18.2 Å². The van der Waals surface area contributed by atoms with Gasteiger partial charge in [-0.15, -0.1) is 6.58 Å². The quantitative estimate of drug-likeness (QED) is 0.527. The molecule has 0 aliphatic carbocycles. The normalized spacial score (nSPS) is 9.67. The smallest absolute Gasteiger partial charge is 0.256 e. The first-order valence-electron chi connectivity index (χ1n) is 3.60. The van der Waals surface area contributed by atoms with E-state index in [1.54, 1.807) is 12.1 Å². The van der Waals surface area contributed by atoms with Crippen molar-refractivity contribution in [1.29, 1.82) is 0 Å². The maximum absolute atomic E-state index is 10.1. The minimum atomic E-state index is -0.737. The molecule has 2 nitrogen and oxygen atoms in total. The Morgan fingerprint density at radius 2 is 2.08 bits per heavy atom. The van der Waals surface area contributed by atoms with Crippen LogP contribution in [0, 0.1) is 0 Å². The second kappa shape index (κ2) is 4.68. The lowest BCUT2D eigenvalue weighted by molar-refractivity contribution is 0.525. The Morgan fingerprint density at radius 3 is 2.58 bits per heavy atom. The molecule has 0 aliphatic rings. The van der Waals surface area contributed by atoms with E-state index in [0.717, 1.165) is 6.42 Å². The number of benzene rings is 1. The van der Waals surface area contributed by atoms with Gasteiger partial charge in [0.25, 0.3) is 0 Å². The van der Waals surface area contributed by atoms with Gasteiger partial charge < -0.3 is 0 Å². The lowest BCUT2D eigenvalue weighted by atomic mass is 10.1. The Bertz CT molecular complexity index is 237. The molecule has 1 aromatic rings. The highest BCUT2D eigenvalue weighted by Gasteiger charge is 1.96. The van der Waals surface area contributed by atoms with Crippen LogP contribution in [-0.4, -0.2) is 0 Å². The van der Waals surface area contributed by atoms with Crippen molar-refractivity contribution in [2.75, 3.05) is 0 Å². The molecule has 0 radical (unpaired) electrons. The zero-order chi connectivity index (χ0) is 8.81. The summed E-state index contributed by atoms with van der Waals surface area (Å²) in [6.45, 7) is 3.63. The molecule has 12 heavy (non-hydrogen) atoms. The van der Waals surface area contributed by atoms with E-state index in [2.05, 4.69) is 6.58 Å². The molecule has 0 saturated carbocycles. The maximum atomic E-state index is 10.1. The molecule has 0 heterocycles. The Labute approximate surface area is 73.2 Å². The van der Waals surface area contributed by atoms with E-state index in [1.165, 1.54) is 5.56 Å². The molecule has 62 valence electrons. The van der Waals surface area contributed by atoms with Crippen LogP contribution in [-0.2, 0) is 11.0 Å². The summed E-state index contributed by atoms with van der Waals surface area (Å²) in [6, 6.07) is 7.45. The average molecular weight is 181 g/mol. The van der Waals surface area contributed by atoms with E-state index in [0.29, 0.717) is 5.75 Å². The van der Waals surface area contributed by atoms with Crippen LogP contribution >= 0.6 is 8.69 Å². The molecule has 0 bridgehead atoms. The fourth-order valence-electron chi connectivity index (χ4n) is 0.908. The molecule has 1 unspecified atom stereocenters. The Morgan fingerprint density at radius 1 is 1.42 bits per heavy atom. The summed E-state index contributed by atoms with van der Waals surface area (Å²) in [5, 5.41) is 0. The molecule has 0 spiro atoms. The molecule has 1 rings (SSSR count). The maximum Gasteiger partial charge on any atom is 0.542 e. The fraction of sp³-hybridized carbons (Fsp3) is 0.111. The molecule has 0 N–H and O–H groups in total. The van der Waals surface area contributed by atoms with Crippen molar-refractivity contribution in [2.45, 2.75) is 6.42 Å². The average Bonchev–Trinajstić information content (AvgIpc) is 2.09. The van der Waals surface area contributed by atoms with E-state index in [4.69, 9.17) is 4.52 Å². The highest BCUT2D eigenvalue weighted by Crippen LogP contribution is 2.15. The third kappa shape index (κ3) is 2.48. The summed E-state index contributed by atoms with van der Waals surface area (Å²) in [7, 11) is -0.737. The molecule has 0 fully saturated rings. The van der Waals surface area contributed by atoms with Crippen LogP contribution in [0.3, 0.4) is 0 Å². The topological polar surface area (TPSA) is 26.3 Å². The van der Waals surface area contributed by atoms with Crippen molar-refractivity contribution in [1.82, 2.24) is 0 Å². The standard InChI is InChI=1S/C9H10O2P/c1-2-3-8-4-6-9(7-5-8)11-12-10/h2,4-7,12H,1,3H2/q+1. The summed E-state index contributed by atoms with van der Waals surface area (Å²) in [5.41, 5.74) is 1.17. The van der Waals surface area contributed by atoms with Crippen LogP contribution in [0.5, 0.6) is 5.75 Å². The second-order valence-corrected chi connectivity index (χ2v) is 2.69. The van der Waals surface area contributed by atoms with E-state index < -0.39 is 8.69 Å². The number of allylic oxidation sites excluding steroid dienone is 1. The summed E-state index contributed by atoms with van der Waals surface area (Å²) in [6.07, 6.45) is 2.69. The Hall–Kier alpha value is -1.14. The lowest BCUT2D eigenvalue weighted by Gasteiger charge is -1.95. The second-order valence-electron chi connectivity index (χ2n) is 2.32. The Kier molecular flexibility index (Phi) is 3.49. The van der Waals surface area contributed by atoms with Gasteiger partial charge in [0.1, 0.15) is 0 Å². The molecule has 3 heteroatoms.